The van der Waals surface area contributed by atoms with E-state index in [4.69, 9.17) is 4.74 Å². The summed E-state index contributed by atoms with van der Waals surface area (Å²) in [6.07, 6.45) is 4.98. The molecule has 0 bridgehead atoms. The standard InChI is InChI=1S/C14H17N5O3/c1-11-7-14(15-8-13(11)19(20)21)17-5-6-22-12(9-17)10-18-4-2-3-16-18/h2-4,7-8,12H,5-6,9-10H2,1H3. The average Bonchev–Trinajstić information content (AvgIpc) is 3.00. The van der Waals surface area contributed by atoms with Crippen molar-refractivity contribution in [1.29, 1.82) is 0 Å². The number of morpholine rings is 1. The number of nitro groups is 1. The molecule has 8 nitrogen and oxygen atoms in total. The number of aryl methyl sites for hydroxylation is 1. The predicted molar refractivity (Wildman–Crippen MR) is 79.8 cm³/mol. The van der Waals surface area contributed by atoms with E-state index in [1.807, 2.05) is 16.9 Å². The third-order valence-corrected chi connectivity index (χ3v) is 3.68. The number of rotatable bonds is 4. The van der Waals surface area contributed by atoms with Crippen LogP contribution in [0.3, 0.4) is 0 Å². The topological polar surface area (TPSA) is 86.3 Å². The Bertz CT molecular complexity index is 659. The van der Waals surface area contributed by atoms with Gasteiger partial charge in [-0.3, -0.25) is 14.8 Å². The van der Waals surface area contributed by atoms with E-state index in [0.29, 0.717) is 25.3 Å². The lowest BCUT2D eigenvalue weighted by Gasteiger charge is -2.33. The Balaban J connectivity index is 1.71. The minimum absolute atomic E-state index is 0.0194. The molecule has 3 rings (SSSR count). The van der Waals surface area contributed by atoms with E-state index < -0.39 is 4.92 Å². The number of ether oxygens (including phenoxy) is 1. The Kier molecular flexibility index (Phi) is 4.01. The van der Waals surface area contributed by atoms with Gasteiger partial charge in [-0.2, -0.15) is 5.10 Å². The van der Waals surface area contributed by atoms with Gasteiger partial charge in [-0.25, -0.2) is 4.98 Å². The van der Waals surface area contributed by atoms with Crippen LogP contribution in [-0.2, 0) is 11.3 Å². The molecule has 8 heteroatoms. The fourth-order valence-corrected chi connectivity index (χ4v) is 2.55. The summed E-state index contributed by atoms with van der Waals surface area (Å²) >= 11 is 0. The fraction of sp³-hybridized carbons (Fsp3) is 0.429. The van der Waals surface area contributed by atoms with Crippen molar-refractivity contribution in [2.24, 2.45) is 0 Å². The SMILES string of the molecule is Cc1cc(N2CCOC(Cn3cccn3)C2)ncc1[N+](=O)[O-]. The van der Waals surface area contributed by atoms with Crippen LogP contribution in [0.5, 0.6) is 0 Å². The molecule has 0 saturated carbocycles. The van der Waals surface area contributed by atoms with Crippen molar-refractivity contribution in [1.82, 2.24) is 14.8 Å². The zero-order chi connectivity index (χ0) is 15.5. The lowest BCUT2D eigenvalue weighted by molar-refractivity contribution is -0.385. The van der Waals surface area contributed by atoms with E-state index in [0.717, 1.165) is 12.4 Å². The minimum atomic E-state index is -0.411. The summed E-state index contributed by atoms with van der Waals surface area (Å²) in [5.74, 6) is 0.747. The Morgan fingerprint density at radius 2 is 2.41 bits per heavy atom. The molecule has 0 aromatic carbocycles. The fourth-order valence-electron chi connectivity index (χ4n) is 2.55. The molecular formula is C14H17N5O3. The first-order valence-electron chi connectivity index (χ1n) is 7.08. The van der Waals surface area contributed by atoms with Gasteiger partial charge in [-0.15, -0.1) is 0 Å². The summed E-state index contributed by atoms with van der Waals surface area (Å²) in [7, 11) is 0. The molecule has 1 atom stereocenters. The number of aromatic nitrogens is 3. The highest BCUT2D eigenvalue weighted by Crippen LogP contribution is 2.23. The van der Waals surface area contributed by atoms with Crippen molar-refractivity contribution in [3.63, 3.8) is 0 Å². The Hall–Kier alpha value is -2.48. The van der Waals surface area contributed by atoms with Crippen molar-refractivity contribution in [2.45, 2.75) is 19.6 Å². The quantitative estimate of drug-likeness (QED) is 0.627. The molecule has 116 valence electrons. The maximum atomic E-state index is 10.9. The second-order valence-electron chi connectivity index (χ2n) is 5.25. The highest BCUT2D eigenvalue weighted by atomic mass is 16.6. The Labute approximate surface area is 127 Å². The van der Waals surface area contributed by atoms with Gasteiger partial charge >= 0.3 is 0 Å². The Morgan fingerprint density at radius 1 is 1.55 bits per heavy atom. The molecule has 0 aliphatic carbocycles. The average molecular weight is 303 g/mol. The van der Waals surface area contributed by atoms with Gasteiger partial charge in [0.05, 0.1) is 24.2 Å². The minimum Gasteiger partial charge on any atom is -0.373 e. The van der Waals surface area contributed by atoms with E-state index in [9.17, 15) is 10.1 Å². The van der Waals surface area contributed by atoms with Gasteiger partial charge < -0.3 is 9.64 Å². The maximum Gasteiger partial charge on any atom is 0.290 e. The molecule has 0 amide bonds. The molecule has 1 fully saturated rings. The lowest BCUT2D eigenvalue weighted by atomic mass is 10.2. The van der Waals surface area contributed by atoms with E-state index in [1.54, 1.807) is 19.2 Å². The second kappa shape index (κ2) is 6.10. The van der Waals surface area contributed by atoms with Crippen LogP contribution in [0.2, 0.25) is 0 Å². The Morgan fingerprint density at radius 3 is 3.09 bits per heavy atom. The molecule has 1 unspecified atom stereocenters. The zero-order valence-corrected chi connectivity index (χ0v) is 12.3. The molecule has 0 radical (unpaired) electrons. The second-order valence-corrected chi connectivity index (χ2v) is 5.25. The first-order chi connectivity index (χ1) is 10.6. The van der Waals surface area contributed by atoms with Gasteiger partial charge in [0.1, 0.15) is 12.0 Å². The van der Waals surface area contributed by atoms with Crippen LogP contribution >= 0.6 is 0 Å². The summed E-state index contributed by atoms with van der Waals surface area (Å²) in [4.78, 5) is 16.8. The number of pyridine rings is 1. The van der Waals surface area contributed by atoms with Crippen LogP contribution in [0.15, 0.2) is 30.7 Å². The summed E-state index contributed by atoms with van der Waals surface area (Å²) in [5, 5.41) is 15.0. The van der Waals surface area contributed by atoms with Crippen LogP contribution < -0.4 is 4.90 Å². The number of nitrogens with zero attached hydrogens (tertiary/aromatic N) is 5. The van der Waals surface area contributed by atoms with E-state index in [2.05, 4.69) is 15.0 Å². The molecule has 1 aliphatic rings. The molecular weight excluding hydrogens is 286 g/mol. The summed E-state index contributed by atoms with van der Waals surface area (Å²) < 4.78 is 7.59. The molecule has 3 heterocycles. The van der Waals surface area contributed by atoms with Crippen LogP contribution in [0.4, 0.5) is 11.5 Å². The molecule has 2 aromatic heterocycles. The van der Waals surface area contributed by atoms with Gasteiger partial charge in [0, 0.05) is 31.0 Å². The van der Waals surface area contributed by atoms with Crippen molar-refractivity contribution >= 4 is 11.5 Å². The predicted octanol–water partition coefficient (Wildman–Crippen LogP) is 1.40. The molecule has 0 N–H and O–H groups in total. The molecule has 1 aliphatic heterocycles. The van der Waals surface area contributed by atoms with Crippen LogP contribution in [-0.4, -0.2) is 45.5 Å². The van der Waals surface area contributed by atoms with Gasteiger partial charge in [0.2, 0.25) is 0 Å². The number of hydrogen-bond donors (Lipinski definition) is 0. The van der Waals surface area contributed by atoms with Gasteiger partial charge in [0.15, 0.2) is 0 Å². The molecule has 22 heavy (non-hydrogen) atoms. The molecule has 2 aromatic rings. The van der Waals surface area contributed by atoms with Crippen molar-refractivity contribution in [2.75, 3.05) is 24.6 Å². The largest absolute Gasteiger partial charge is 0.373 e. The third-order valence-electron chi connectivity index (χ3n) is 3.68. The van der Waals surface area contributed by atoms with Crippen molar-refractivity contribution < 1.29 is 9.66 Å². The molecule has 1 saturated heterocycles. The first-order valence-corrected chi connectivity index (χ1v) is 7.08. The van der Waals surface area contributed by atoms with Crippen molar-refractivity contribution in [3.8, 4) is 0 Å². The van der Waals surface area contributed by atoms with E-state index in [-0.39, 0.29) is 11.8 Å². The summed E-state index contributed by atoms with van der Waals surface area (Å²) in [6.45, 7) is 4.41. The first kappa shape index (κ1) is 14.5. The highest BCUT2D eigenvalue weighted by Gasteiger charge is 2.23. The zero-order valence-electron chi connectivity index (χ0n) is 12.3. The van der Waals surface area contributed by atoms with Gasteiger partial charge in [-0.1, -0.05) is 0 Å². The summed E-state index contributed by atoms with van der Waals surface area (Å²) in [6, 6.07) is 3.64. The van der Waals surface area contributed by atoms with Crippen molar-refractivity contribution in [3.05, 3.63) is 46.4 Å². The van der Waals surface area contributed by atoms with Gasteiger partial charge in [0.25, 0.3) is 5.69 Å². The number of hydrogen-bond acceptors (Lipinski definition) is 6. The van der Waals surface area contributed by atoms with Crippen LogP contribution in [0, 0.1) is 17.0 Å². The van der Waals surface area contributed by atoms with Gasteiger partial charge in [-0.05, 0) is 19.1 Å². The molecule has 0 spiro atoms. The number of anilines is 1. The van der Waals surface area contributed by atoms with Crippen LogP contribution in [0.25, 0.3) is 0 Å². The smallest absolute Gasteiger partial charge is 0.290 e. The highest BCUT2D eigenvalue weighted by molar-refractivity contribution is 5.48. The normalized spacial score (nSPS) is 18.4. The summed E-state index contributed by atoms with van der Waals surface area (Å²) in [5.41, 5.74) is 0.662. The van der Waals surface area contributed by atoms with E-state index >= 15 is 0 Å². The third kappa shape index (κ3) is 3.06. The van der Waals surface area contributed by atoms with E-state index in [1.165, 1.54) is 6.20 Å². The van der Waals surface area contributed by atoms with Crippen LogP contribution in [0.1, 0.15) is 5.56 Å². The monoisotopic (exact) mass is 303 g/mol. The maximum absolute atomic E-state index is 10.9. The lowest BCUT2D eigenvalue weighted by Crippen LogP contribution is -2.44.